The largest absolute Gasteiger partial charge is 0.375 e. The topological polar surface area (TPSA) is 41.7 Å². The van der Waals surface area contributed by atoms with Gasteiger partial charge in [-0.3, -0.25) is 4.90 Å². The van der Waals surface area contributed by atoms with Gasteiger partial charge in [-0.2, -0.15) is 0 Å². The molecule has 1 unspecified atom stereocenters. The second-order valence-corrected chi connectivity index (χ2v) is 6.44. The van der Waals surface area contributed by atoms with Gasteiger partial charge in [-0.15, -0.1) is 0 Å². The fourth-order valence-corrected chi connectivity index (χ4v) is 2.19. The van der Waals surface area contributed by atoms with Crippen molar-refractivity contribution in [2.45, 2.75) is 33.3 Å². The number of hydrogen-bond acceptors (Lipinski definition) is 4. The van der Waals surface area contributed by atoms with Crippen LogP contribution in [0.2, 0.25) is 0 Å². The van der Waals surface area contributed by atoms with Gasteiger partial charge in [0.05, 0.1) is 12.2 Å². The maximum atomic E-state index is 5.77. The molecule has 1 heterocycles. The molecule has 1 atom stereocenters. The number of nitrogens with zero attached hydrogens (tertiary/aromatic N) is 2. The second kappa shape index (κ2) is 7.43. The number of piperazine rings is 1. The molecule has 0 saturated carbocycles. The normalized spacial score (nSPS) is 21.2. The molecule has 1 saturated heterocycles. The summed E-state index contributed by atoms with van der Waals surface area (Å²) in [6, 6.07) is 0. The maximum absolute atomic E-state index is 5.77. The lowest BCUT2D eigenvalue weighted by Gasteiger charge is -2.36. The molecule has 108 valence electrons. The van der Waals surface area contributed by atoms with Gasteiger partial charge >= 0.3 is 0 Å². The van der Waals surface area contributed by atoms with Gasteiger partial charge in [-0.05, 0) is 33.2 Å². The lowest BCUT2D eigenvalue weighted by atomic mass is 10.1. The van der Waals surface area contributed by atoms with Crippen LogP contribution in [-0.2, 0) is 4.74 Å². The lowest BCUT2D eigenvalue weighted by Crippen LogP contribution is -2.49. The van der Waals surface area contributed by atoms with Gasteiger partial charge in [0.25, 0.3) is 0 Å². The van der Waals surface area contributed by atoms with E-state index in [1.165, 1.54) is 13.1 Å². The van der Waals surface area contributed by atoms with Crippen LogP contribution >= 0.6 is 0 Å². The van der Waals surface area contributed by atoms with E-state index in [0.717, 1.165) is 39.3 Å². The van der Waals surface area contributed by atoms with Crippen molar-refractivity contribution in [3.05, 3.63) is 0 Å². The Balaban J connectivity index is 2.12. The zero-order chi connectivity index (χ0) is 13.6. The first-order valence-corrected chi connectivity index (χ1v) is 7.19. The van der Waals surface area contributed by atoms with Crippen LogP contribution in [-0.4, -0.2) is 67.8 Å². The summed E-state index contributed by atoms with van der Waals surface area (Å²) in [6.07, 6.45) is 0. The molecule has 1 aliphatic rings. The summed E-state index contributed by atoms with van der Waals surface area (Å²) in [5.41, 5.74) is 5.65. The molecule has 0 aliphatic carbocycles. The second-order valence-electron chi connectivity index (χ2n) is 6.44. The van der Waals surface area contributed by atoms with Crippen molar-refractivity contribution >= 4 is 0 Å². The van der Waals surface area contributed by atoms with Crippen LogP contribution in [0.4, 0.5) is 0 Å². The zero-order valence-electron chi connectivity index (χ0n) is 12.6. The van der Waals surface area contributed by atoms with Gasteiger partial charge in [-0.25, -0.2) is 0 Å². The summed E-state index contributed by atoms with van der Waals surface area (Å²) in [6.45, 7) is 17.0. The smallest absolute Gasteiger partial charge is 0.0600 e. The molecule has 1 fully saturated rings. The molecule has 4 heteroatoms. The number of hydrogen-bond donors (Lipinski definition) is 1. The van der Waals surface area contributed by atoms with Crippen molar-refractivity contribution in [3.8, 4) is 0 Å². The fourth-order valence-electron chi connectivity index (χ4n) is 2.19. The molecule has 2 N–H and O–H groups in total. The number of nitrogens with two attached hydrogens (primary N) is 1. The van der Waals surface area contributed by atoms with Gasteiger partial charge in [0, 0.05) is 39.3 Å². The van der Waals surface area contributed by atoms with Crippen molar-refractivity contribution in [2.24, 2.45) is 11.7 Å². The summed E-state index contributed by atoms with van der Waals surface area (Å²) in [5, 5.41) is 0. The Labute approximate surface area is 112 Å². The monoisotopic (exact) mass is 257 g/mol. The first-order valence-electron chi connectivity index (χ1n) is 7.19. The van der Waals surface area contributed by atoms with Crippen molar-refractivity contribution in [1.29, 1.82) is 0 Å². The molecule has 1 rings (SSSR count). The Morgan fingerprint density at radius 1 is 1.11 bits per heavy atom. The van der Waals surface area contributed by atoms with Crippen LogP contribution in [0.5, 0.6) is 0 Å². The predicted octanol–water partition coefficient (Wildman–Crippen LogP) is 1.01. The highest BCUT2D eigenvalue weighted by molar-refractivity contribution is 4.73. The van der Waals surface area contributed by atoms with Crippen LogP contribution in [0.25, 0.3) is 0 Å². The Morgan fingerprint density at radius 3 is 2.17 bits per heavy atom. The highest BCUT2D eigenvalue weighted by Crippen LogP contribution is 2.08. The summed E-state index contributed by atoms with van der Waals surface area (Å²) in [5.74, 6) is 0.612. The molecule has 0 aromatic rings. The maximum Gasteiger partial charge on any atom is 0.0600 e. The van der Waals surface area contributed by atoms with Crippen LogP contribution in [0, 0.1) is 5.92 Å². The molecule has 0 aromatic heterocycles. The summed E-state index contributed by atoms with van der Waals surface area (Å²) in [4.78, 5) is 5.02. The van der Waals surface area contributed by atoms with Gasteiger partial charge in [0.1, 0.15) is 0 Å². The van der Waals surface area contributed by atoms with Crippen LogP contribution in [0.15, 0.2) is 0 Å². The van der Waals surface area contributed by atoms with Crippen molar-refractivity contribution in [2.75, 3.05) is 52.4 Å². The lowest BCUT2D eigenvalue weighted by molar-refractivity contribution is -0.0181. The number of ether oxygens (including phenoxy) is 1. The molecule has 0 amide bonds. The first-order chi connectivity index (χ1) is 8.40. The van der Waals surface area contributed by atoms with Gasteiger partial charge in [0.2, 0.25) is 0 Å². The van der Waals surface area contributed by atoms with E-state index in [0.29, 0.717) is 5.92 Å². The van der Waals surface area contributed by atoms with Crippen molar-refractivity contribution in [1.82, 2.24) is 9.80 Å². The molecule has 1 aliphatic heterocycles. The summed E-state index contributed by atoms with van der Waals surface area (Å²) >= 11 is 0. The Bertz CT molecular complexity index is 220. The Hall–Kier alpha value is -0.160. The van der Waals surface area contributed by atoms with E-state index in [1.807, 2.05) is 0 Å². The highest BCUT2D eigenvalue weighted by atomic mass is 16.5. The van der Waals surface area contributed by atoms with E-state index in [9.17, 15) is 0 Å². The third-order valence-corrected chi connectivity index (χ3v) is 3.38. The highest BCUT2D eigenvalue weighted by Gasteiger charge is 2.18. The molecule has 4 nitrogen and oxygen atoms in total. The van der Waals surface area contributed by atoms with E-state index < -0.39 is 0 Å². The van der Waals surface area contributed by atoms with Crippen LogP contribution in [0.3, 0.4) is 0 Å². The molecular formula is C14H31N3O. The Morgan fingerprint density at radius 2 is 1.67 bits per heavy atom. The Kier molecular flexibility index (Phi) is 6.57. The molecule has 0 bridgehead atoms. The van der Waals surface area contributed by atoms with Gasteiger partial charge < -0.3 is 15.4 Å². The minimum absolute atomic E-state index is 0.0155. The summed E-state index contributed by atoms with van der Waals surface area (Å²) in [7, 11) is 0. The van der Waals surface area contributed by atoms with Crippen molar-refractivity contribution in [3.63, 3.8) is 0 Å². The molecule has 0 radical (unpaired) electrons. The summed E-state index contributed by atoms with van der Waals surface area (Å²) < 4.78 is 5.77. The van der Waals surface area contributed by atoms with E-state index in [2.05, 4.69) is 37.5 Å². The first kappa shape index (κ1) is 15.9. The molecule has 0 spiro atoms. The van der Waals surface area contributed by atoms with E-state index >= 15 is 0 Å². The third-order valence-electron chi connectivity index (χ3n) is 3.38. The zero-order valence-corrected chi connectivity index (χ0v) is 12.6. The minimum Gasteiger partial charge on any atom is -0.375 e. The van der Waals surface area contributed by atoms with Gasteiger partial charge in [0.15, 0.2) is 0 Å². The van der Waals surface area contributed by atoms with E-state index in [4.69, 9.17) is 10.5 Å². The van der Waals surface area contributed by atoms with E-state index in [-0.39, 0.29) is 5.60 Å². The SMILES string of the molecule is CC(CN)CN1CCN(CCOC(C)(C)C)CC1. The average molecular weight is 257 g/mol. The fraction of sp³-hybridized carbons (Fsp3) is 1.00. The standard InChI is InChI=1S/C14H31N3O/c1-13(11-15)12-17-7-5-16(6-8-17)9-10-18-14(2,3)4/h13H,5-12,15H2,1-4H3. The predicted molar refractivity (Wildman–Crippen MR) is 76.8 cm³/mol. The number of rotatable bonds is 6. The quantitative estimate of drug-likeness (QED) is 0.771. The molecule has 18 heavy (non-hydrogen) atoms. The molecular weight excluding hydrogens is 226 g/mol. The third kappa shape index (κ3) is 6.69. The minimum atomic E-state index is -0.0155. The van der Waals surface area contributed by atoms with Gasteiger partial charge in [-0.1, -0.05) is 6.92 Å². The van der Waals surface area contributed by atoms with E-state index in [1.54, 1.807) is 0 Å². The van der Waals surface area contributed by atoms with Crippen molar-refractivity contribution < 1.29 is 4.74 Å². The average Bonchev–Trinajstić information content (AvgIpc) is 2.29. The molecule has 0 aromatic carbocycles. The van der Waals surface area contributed by atoms with Crippen LogP contribution < -0.4 is 5.73 Å². The van der Waals surface area contributed by atoms with Crippen LogP contribution in [0.1, 0.15) is 27.7 Å².